The van der Waals surface area contributed by atoms with Crippen molar-refractivity contribution >= 4 is 40.4 Å². The number of ketones is 1. The van der Waals surface area contributed by atoms with Crippen LogP contribution in [0.25, 0.3) is 0 Å². The predicted octanol–water partition coefficient (Wildman–Crippen LogP) is 5.39. The molecule has 1 aromatic carbocycles. The number of esters is 1. The number of benzene rings is 1. The minimum atomic E-state index is -1.07. The molecule has 1 spiro atoms. The third-order valence-electron chi connectivity index (χ3n) is 12.7. The number of carbonyl (C=O) groups is 5. The molecule has 6 aliphatic rings. The standard InChI is InChI=1S/C24H32O4S.C12H14N2O2/c1-14(25)29-19-13-15-12-16(26)4-8-22(15,2)17-5-9-23(3)18(21(17)19)6-10-24(23)11-7-20(27)28-24;1-2-12(9-6-4-3-5-7-9)10(15)13-8-14-11(12)16/h12,17-19,21H,4-11,13H2,1-3H3;3-7H,2,8H2,1H3,(H,13,15)(H,14,16)/t17-,18-,19+,21+,22-,23-,24+;/m0./s1. The van der Waals surface area contributed by atoms with Crippen molar-refractivity contribution in [2.24, 2.45) is 28.6 Å². The maximum absolute atomic E-state index is 12.2. The first-order valence-electron chi connectivity index (χ1n) is 16.7. The van der Waals surface area contributed by atoms with E-state index in [0.717, 1.165) is 50.5 Å². The summed E-state index contributed by atoms with van der Waals surface area (Å²) in [6.45, 7) is 8.47. The zero-order chi connectivity index (χ0) is 32.2. The first-order chi connectivity index (χ1) is 21.4. The Bertz CT molecular complexity index is 1430. The molecule has 9 heteroatoms. The van der Waals surface area contributed by atoms with Gasteiger partial charge in [0.05, 0.1) is 6.67 Å². The van der Waals surface area contributed by atoms with Gasteiger partial charge in [-0.05, 0) is 86.2 Å². The largest absolute Gasteiger partial charge is 0.458 e. The van der Waals surface area contributed by atoms with Gasteiger partial charge in [0.15, 0.2) is 16.3 Å². The Balaban J connectivity index is 0.000000189. The van der Waals surface area contributed by atoms with E-state index >= 15 is 0 Å². The zero-order valence-corrected chi connectivity index (χ0v) is 27.7. The average Bonchev–Trinajstić information content (AvgIpc) is 3.53. The summed E-state index contributed by atoms with van der Waals surface area (Å²) in [5.74, 6) is 1.24. The molecule has 0 aromatic heterocycles. The monoisotopic (exact) mass is 634 g/mol. The van der Waals surface area contributed by atoms with E-state index < -0.39 is 5.41 Å². The number of carbonyl (C=O) groups excluding carboxylic acids is 5. The fraction of sp³-hybridized carbons (Fsp3) is 0.639. The Morgan fingerprint density at radius 3 is 2.24 bits per heavy atom. The lowest BCUT2D eigenvalue weighted by molar-refractivity contribution is -0.167. The van der Waals surface area contributed by atoms with Crippen LogP contribution in [-0.4, -0.2) is 46.2 Å². The molecule has 0 radical (unpaired) electrons. The van der Waals surface area contributed by atoms with Crippen molar-refractivity contribution in [3.05, 3.63) is 47.5 Å². The normalized spacial score (nSPS) is 38.0. The minimum absolute atomic E-state index is 0.0119. The second kappa shape index (κ2) is 11.7. The van der Waals surface area contributed by atoms with Gasteiger partial charge in [0.2, 0.25) is 11.8 Å². The lowest BCUT2D eigenvalue weighted by Crippen LogP contribution is -2.62. The van der Waals surface area contributed by atoms with Crippen LogP contribution in [0.1, 0.15) is 97.5 Å². The first-order valence-corrected chi connectivity index (χ1v) is 17.5. The van der Waals surface area contributed by atoms with Gasteiger partial charge in [0, 0.05) is 30.4 Å². The molecule has 45 heavy (non-hydrogen) atoms. The molecule has 0 unspecified atom stereocenters. The van der Waals surface area contributed by atoms with Crippen LogP contribution in [0.2, 0.25) is 0 Å². The second-order valence-corrected chi connectivity index (χ2v) is 15.9. The summed E-state index contributed by atoms with van der Waals surface area (Å²) in [6, 6.07) is 9.16. The van der Waals surface area contributed by atoms with Crippen LogP contribution in [0.4, 0.5) is 0 Å². The van der Waals surface area contributed by atoms with Crippen LogP contribution in [0.3, 0.4) is 0 Å². The lowest BCUT2D eigenvalue weighted by atomic mass is 9.46. The topological polar surface area (TPSA) is 119 Å². The Morgan fingerprint density at radius 2 is 1.62 bits per heavy atom. The van der Waals surface area contributed by atoms with Crippen LogP contribution in [-0.2, 0) is 34.1 Å². The van der Waals surface area contributed by atoms with Crippen LogP contribution in [0, 0.1) is 28.6 Å². The summed E-state index contributed by atoms with van der Waals surface area (Å²) in [6.07, 6.45) is 10.5. The maximum atomic E-state index is 12.2. The van der Waals surface area contributed by atoms with Crippen molar-refractivity contribution in [3.8, 4) is 0 Å². The molecule has 242 valence electrons. The zero-order valence-electron chi connectivity index (χ0n) is 26.9. The molecule has 4 aliphatic carbocycles. The molecule has 1 aromatic rings. The number of thioether (sulfide) groups is 1. The van der Waals surface area contributed by atoms with E-state index in [9.17, 15) is 24.0 Å². The fourth-order valence-corrected chi connectivity index (χ4v) is 11.5. The van der Waals surface area contributed by atoms with Gasteiger partial charge in [-0.15, -0.1) is 0 Å². The highest BCUT2D eigenvalue weighted by Crippen LogP contribution is 2.70. The molecule has 2 aliphatic heterocycles. The Hall–Kier alpha value is -2.94. The fourth-order valence-electron chi connectivity index (χ4n) is 10.2. The summed E-state index contributed by atoms with van der Waals surface area (Å²) in [7, 11) is 0. The Labute approximate surface area is 270 Å². The van der Waals surface area contributed by atoms with Crippen molar-refractivity contribution in [2.75, 3.05) is 6.67 Å². The number of hydrogen-bond acceptors (Lipinski definition) is 7. The lowest BCUT2D eigenvalue weighted by Gasteiger charge is -2.61. The number of allylic oxidation sites excluding steroid dienone is 1. The summed E-state index contributed by atoms with van der Waals surface area (Å²) in [4.78, 5) is 60.4. The quantitative estimate of drug-likeness (QED) is 0.338. The number of ether oxygens (including phenoxy) is 1. The van der Waals surface area contributed by atoms with Gasteiger partial charge in [-0.1, -0.05) is 68.4 Å². The maximum Gasteiger partial charge on any atom is 0.306 e. The number of rotatable bonds is 3. The van der Waals surface area contributed by atoms with E-state index in [1.165, 1.54) is 17.3 Å². The van der Waals surface area contributed by atoms with Crippen LogP contribution in [0.5, 0.6) is 0 Å². The third kappa shape index (κ3) is 4.99. The van der Waals surface area contributed by atoms with Gasteiger partial charge < -0.3 is 15.4 Å². The highest BCUT2D eigenvalue weighted by atomic mass is 32.2. The molecule has 2 N–H and O–H groups in total. The Kier molecular flexibility index (Phi) is 8.32. The number of hydrogen-bond donors (Lipinski definition) is 2. The van der Waals surface area contributed by atoms with E-state index in [2.05, 4.69) is 24.5 Å². The van der Waals surface area contributed by atoms with Crippen LogP contribution >= 0.6 is 11.8 Å². The molecule has 3 saturated carbocycles. The molecule has 7 atom stereocenters. The van der Waals surface area contributed by atoms with Crippen molar-refractivity contribution in [3.63, 3.8) is 0 Å². The van der Waals surface area contributed by atoms with Crippen molar-refractivity contribution in [1.82, 2.24) is 10.6 Å². The van der Waals surface area contributed by atoms with Gasteiger partial charge in [0.25, 0.3) is 0 Å². The molecule has 2 amide bonds. The molecular formula is C36H46N2O6S. The third-order valence-corrected chi connectivity index (χ3v) is 13.8. The Morgan fingerprint density at radius 1 is 0.933 bits per heavy atom. The molecule has 8 nitrogen and oxygen atoms in total. The average molecular weight is 635 g/mol. The highest BCUT2D eigenvalue weighted by Gasteiger charge is 2.68. The van der Waals surface area contributed by atoms with E-state index in [4.69, 9.17) is 4.74 Å². The molecular weight excluding hydrogens is 588 g/mol. The predicted molar refractivity (Wildman–Crippen MR) is 172 cm³/mol. The summed E-state index contributed by atoms with van der Waals surface area (Å²) < 4.78 is 6.06. The van der Waals surface area contributed by atoms with E-state index in [-0.39, 0.29) is 57.0 Å². The molecule has 2 saturated heterocycles. The number of fused-ring (bicyclic) bond motifs is 6. The van der Waals surface area contributed by atoms with Gasteiger partial charge in [-0.25, -0.2) is 0 Å². The smallest absolute Gasteiger partial charge is 0.306 e. The van der Waals surface area contributed by atoms with Crippen molar-refractivity contribution in [1.29, 1.82) is 0 Å². The van der Waals surface area contributed by atoms with Gasteiger partial charge in [0.1, 0.15) is 5.60 Å². The summed E-state index contributed by atoms with van der Waals surface area (Å²) in [5.41, 5.74) is 0.766. The highest BCUT2D eigenvalue weighted by molar-refractivity contribution is 8.14. The molecule has 5 fully saturated rings. The van der Waals surface area contributed by atoms with E-state index in [1.54, 1.807) is 6.92 Å². The van der Waals surface area contributed by atoms with E-state index in [0.29, 0.717) is 37.0 Å². The molecule has 7 rings (SSSR count). The number of nitrogens with one attached hydrogen (secondary N) is 2. The second-order valence-electron chi connectivity index (χ2n) is 14.5. The van der Waals surface area contributed by atoms with Gasteiger partial charge in [-0.2, -0.15) is 0 Å². The summed E-state index contributed by atoms with van der Waals surface area (Å²) in [5, 5.41) is 5.77. The van der Waals surface area contributed by atoms with Crippen molar-refractivity contribution in [2.45, 2.75) is 108 Å². The minimum Gasteiger partial charge on any atom is -0.458 e. The van der Waals surface area contributed by atoms with Gasteiger partial charge >= 0.3 is 5.97 Å². The molecule has 0 bridgehead atoms. The van der Waals surface area contributed by atoms with Gasteiger partial charge in [-0.3, -0.25) is 24.0 Å². The van der Waals surface area contributed by atoms with Crippen LogP contribution in [0.15, 0.2) is 42.0 Å². The van der Waals surface area contributed by atoms with Crippen molar-refractivity contribution < 1.29 is 28.7 Å². The SMILES string of the molecule is CC(=O)S[C@@H]1CC2=CC(=O)CC[C@]2(C)[C@H]2CC[C@@]3(C)[C@@H](CC[C@@]34CCC(=O)O4)[C@H]12.CCC1(c2ccccc2)C(=O)NCNC1=O. The number of amides is 2. The molecule has 2 heterocycles. The first kappa shape index (κ1) is 32.0. The van der Waals surface area contributed by atoms with Crippen LogP contribution < -0.4 is 10.6 Å². The van der Waals surface area contributed by atoms with E-state index in [1.807, 2.05) is 43.3 Å². The summed E-state index contributed by atoms with van der Waals surface area (Å²) >= 11 is 1.50.